The molecule has 0 radical (unpaired) electrons. The highest BCUT2D eigenvalue weighted by molar-refractivity contribution is 5.87. The summed E-state index contributed by atoms with van der Waals surface area (Å²) in [4.78, 5) is 33.4. The highest BCUT2D eigenvalue weighted by atomic mass is 16.5. The van der Waals surface area contributed by atoms with Crippen LogP contribution in [0.25, 0.3) is 11.1 Å². The van der Waals surface area contributed by atoms with E-state index in [1.165, 1.54) is 0 Å². The van der Waals surface area contributed by atoms with Crippen LogP contribution in [0.1, 0.15) is 26.7 Å². The van der Waals surface area contributed by atoms with Crippen LogP contribution in [-0.4, -0.2) is 59.6 Å². The van der Waals surface area contributed by atoms with Gasteiger partial charge in [0.2, 0.25) is 11.8 Å². The minimum absolute atomic E-state index is 0.0375. The third-order valence-electron chi connectivity index (χ3n) is 5.25. The summed E-state index contributed by atoms with van der Waals surface area (Å²) in [7, 11) is 1.57. The summed E-state index contributed by atoms with van der Waals surface area (Å²) in [6, 6.07) is 6.07. The zero-order chi connectivity index (χ0) is 22.2. The predicted octanol–water partition coefficient (Wildman–Crippen LogP) is 2.40. The van der Waals surface area contributed by atoms with Crippen molar-refractivity contribution in [2.45, 2.75) is 38.8 Å². The molecule has 3 heterocycles. The van der Waals surface area contributed by atoms with Crippen LogP contribution in [0, 0.1) is 0 Å². The molecule has 1 aliphatic heterocycles. The average Bonchev–Trinajstić information content (AvgIpc) is 2.78. The molecular weight excluding hydrogens is 394 g/mol. The molecule has 3 rings (SSSR count). The largest absolute Gasteiger partial charge is 0.481 e. The van der Waals surface area contributed by atoms with Gasteiger partial charge >= 0.3 is 0 Å². The number of hydrogen-bond acceptors (Lipinski definition) is 6. The number of hydrogen-bond donors (Lipinski definition) is 3. The van der Waals surface area contributed by atoms with Gasteiger partial charge in [0.1, 0.15) is 5.69 Å². The van der Waals surface area contributed by atoms with Crippen molar-refractivity contribution in [2.24, 2.45) is 0 Å². The van der Waals surface area contributed by atoms with Crippen LogP contribution in [-0.2, 0) is 4.79 Å². The lowest BCUT2D eigenvalue weighted by molar-refractivity contribution is -0.126. The molecule has 31 heavy (non-hydrogen) atoms. The van der Waals surface area contributed by atoms with E-state index in [2.05, 4.69) is 34.4 Å². The van der Waals surface area contributed by atoms with Gasteiger partial charge < -0.3 is 25.3 Å². The Morgan fingerprint density at radius 1 is 1.32 bits per heavy atom. The summed E-state index contributed by atoms with van der Waals surface area (Å²) in [5, 5.41) is 6.61. The topological polar surface area (TPSA) is 99.4 Å². The van der Waals surface area contributed by atoms with Crippen molar-refractivity contribution in [1.82, 2.24) is 20.2 Å². The van der Waals surface area contributed by atoms with Crippen molar-refractivity contribution in [3.63, 3.8) is 0 Å². The van der Waals surface area contributed by atoms with Gasteiger partial charge in [-0.3, -0.25) is 9.59 Å². The van der Waals surface area contributed by atoms with Crippen molar-refractivity contribution in [2.75, 3.05) is 32.1 Å². The van der Waals surface area contributed by atoms with E-state index in [0.29, 0.717) is 37.2 Å². The average molecular weight is 426 g/mol. The number of ether oxygens (including phenoxy) is 1. The summed E-state index contributed by atoms with van der Waals surface area (Å²) >= 11 is 0. The van der Waals surface area contributed by atoms with Gasteiger partial charge in [-0.1, -0.05) is 19.9 Å². The monoisotopic (exact) mass is 425 g/mol. The second-order valence-corrected chi connectivity index (χ2v) is 7.93. The predicted molar refractivity (Wildman–Crippen MR) is 122 cm³/mol. The molecule has 2 aromatic heterocycles. The maximum Gasteiger partial charge on any atom is 0.271 e. The van der Waals surface area contributed by atoms with Gasteiger partial charge in [-0.15, -0.1) is 0 Å². The van der Waals surface area contributed by atoms with Crippen LogP contribution in [0.5, 0.6) is 5.88 Å². The van der Waals surface area contributed by atoms with Gasteiger partial charge in [-0.2, -0.15) is 0 Å². The molecule has 8 nitrogen and oxygen atoms in total. The normalized spacial score (nSPS) is 14.9. The number of anilines is 1. The number of aromatic amines is 1. The zero-order valence-electron chi connectivity index (χ0n) is 18.4. The third-order valence-corrected chi connectivity index (χ3v) is 5.25. The van der Waals surface area contributed by atoms with Crippen LogP contribution in [0.15, 0.2) is 47.5 Å². The second kappa shape index (κ2) is 10.8. The van der Waals surface area contributed by atoms with Crippen LogP contribution in [0.2, 0.25) is 0 Å². The first kappa shape index (κ1) is 22.6. The summed E-state index contributed by atoms with van der Waals surface area (Å²) in [5.74, 6) is 0.555. The smallest absolute Gasteiger partial charge is 0.271 e. The molecule has 8 heteroatoms. The molecule has 0 unspecified atom stereocenters. The minimum Gasteiger partial charge on any atom is -0.481 e. The Morgan fingerprint density at radius 3 is 2.81 bits per heavy atom. The summed E-state index contributed by atoms with van der Waals surface area (Å²) < 4.78 is 5.18. The number of likely N-dealkylation sites (tertiary alicyclic amines) is 1. The van der Waals surface area contributed by atoms with E-state index < -0.39 is 0 Å². The molecular formula is C23H31N5O3. The maximum absolute atomic E-state index is 12.3. The molecule has 3 N–H and O–H groups in total. The number of H-pyrrole nitrogens is 1. The van der Waals surface area contributed by atoms with Gasteiger partial charge in [-0.25, -0.2) is 4.98 Å². The molecule has 0 aliphatic carbocycles. The van der Waals surface area contributed by atoms with E-state index in [0.717, 1.165) is 24.0 Å². The molecule has 166 valence electrons. The quantitative estimate of drug-likeness (QED) is 0.562. The lowest BCUT2D eigenvalue weighted by atomic mass is 10.0. The van der Waals surface area contributed by atoms with Crippen molar-refractivity contribution >= 4 is 11.6 Å². The summed E-state index contributed by atoms with van der Waals surface area (Å²) in [5.41, 5.74) is 2.14. The molecule has 1 amide bonds. The van der Waals surface area contributed by atoms with Crippen LogP contribution < -0.4 is 20.9 Å². The minimum atomic E-state index is -0.163. The Balaban J connectivity index is 1.58. The number of methoxy groups -OCH3 is 1. The van der Waals surface area contributed by atoms with E-state index in [-0.39, 0.29) is 17.5 Å². The standard InChI is InChI=1S/C23H31N5O3/c1-16(2)24-9-4-5-22(29)28-11-7-19(8-12-28)27-20-13-18(15-26-23(20)30)17-6-10-25-21(14-17)31-3/h4-6,10,13-16,19,24,27H,7-9,11-12H2,1-3H3,(H,26,30)/b5-4+. The molecule has 1 aliphatic rings. The lowest BCUT2D eigenvalue weighted by Crippen LogP contribution is -2.42. The molecule has 0 bridgehead atoms. The maximum atomic E-state index is 12.3. The highest BCUT2D eigenvalue weighted by Gasteiger charge is 2.22. The fraction of sp³-hybridized carbons (Fsp3) is 0.435. The van der Waals surface area contributed by atoms with Crippen molar-refractivity contribution in [1.29, 1.82) is 0 Å². The van der Waals surface area contributed by atoms with Crippen LogP contribution in [0.3, 0.4) is 0 Å². The van der Waals surface area contributed by atoms with E-state index in [4.69, 9.17) is 4.74 Å². The lowest BCUT2D eigenvalue weighted by Gasteiger charge is -2.32. The Kier molecular flexibility index (Phi) is 7.83. The summed E-state index contributed by atoms with van der Waals surface area (Å²) in [6.45, 7) is 6.16. The van der Waals surface area contributed by atoms with Crippen molar-refractivity contribution < 1.29 is 9.53 Å². The fourth-order valence-corrected chi connectivity index (χ4v) is 3.49. The van der Waals surface area contributed by atoms with Crippen LogP contribution in [0.4, 0.5) is 5.69 Å². The second-order valence-electron chi connectivity index (χ2n) is 7.93. The Morgan fingerprint density at radius 2 is 2.10 bits per heavy atom. The number of aromatic nitrogens is 2. The SMILES string of the molecule is COc1cc(-c2c[nH]c(=O)c(NC3CCN(C(=O)/C=C/CNC(C)C)CC3)c2)ccn1. The Bertz CT molecular complexity index is 962. The molecule has 1 saturated heterocycles. The Labute approximate surface area is 182 Å². The Hall–Kier alpha value is -3.13. The van der Waals surface area contributed by atoms with E-state index >= 15 is 0 Å². The third kappa shape index (κ3) is 6.42. The number of pyridine rings is 2. The molecule has 0 atom stereocenters. The number of piperidine rings is 1. The van der Waals surface area contributed by atoms with Crippen LogP contribution >= 0.6 is 0 Å². The van der Waals surface area contributed by atoms with Gasteiger partial charge in [-0.05, 0) is 30.5 Å². The first-order chi connectivity index (χ1) is 15.0. The first-order valence-electron chi connectivity index (χ1n) is 10.6. The molecule has 0 aromatic carbocycles. The molecule has 2 aromatic rings. The fourth-order valence-electron chi connectivity index (χ4n) is 3.49. The number of nitrogens with zero attached hydrogens (tertiary/aromatic N) is 2. The molecule has 1 fully saturated rings. The molecule has 0 spiro atoms. The van der Waals surface area contributed by atoms with E-state index in [1.54, 1.807) is 25.6 Å². The van der Waals surface area contributed by atoms with Gasteiger partial charge in [0.05, 0.1) is 7.11 Å². The number of carbonyl (C=O) groups is 1. The molecule has 0 saturated carbocycles. The highest BCUT2D eigenvalue weighted by Crippen LogP contribution is 2.23. The summed E-state index contributed by atoms with van der Waals surface area (Å²) in [6.07, 6.45) is 8.44. The zero-order valence-corrected chi connectivity index (χ0v) is 18.4. The van der Waals surface area contributed by atoms with E-state index in [9.17, 15) is 9.59 Å². The van der Waals surface area contributed by atoms with Gasteiger partial charge in [0.25, 0.3) is 5.56 Å². The van der Waals surface area contributed by atoms with Gasteiger partial charge in [0, 0.05) is 61.8 Å². The number of rotatable bonds is 8. The number of nitrogens with one attached hydrogen (secondary N) is 3. The van der Waals surface area contributed by atoms with E-state index in [1.807, 2.05) is 29.2 Å². The number of amides is 1. The number of carbonyl (C=O) groups excluding carboxylic acids is 1. The first-order valence-corrected chi connectivity index (χ1v) is 10.6. The van der Waals surface area contributed by atoms with Crippen molar-refractivity contribution in [3.05, 3.63) is 53.1 Å². The van der Waals surface area contributed by atoms with Crippen molar-refractivity contribution in [3.8, 4) is 17.0 Å². The van der Waals surface area contributed by atoms with Gasteiger partial charge in [0.15, 0.2) is 0 Å².